The fourth-order valence-corrected chi connectivity index (χ4v) is 4.04. The lowest BCUT2D eigenvalue weighted by atomic mass is 10.1. The lowest BCUT2D eigenvalue weighted by Gasteiger charge is -2.44. The van der Waals surface area contributed by atoms with Crippen LogP contribution in [0.25, 0.3) is 6.08 Å². The van der Waals surface area contributed by atoms with Gasteiger partial charge < -0.3 is 10.2 Å². The molecule has 3 rings (SSSR count). The number of hydrogen-bond acceptors (Lipinski definition) is 3. The molecule has 0 unspecified atom stereocenters. The van der Waals surface area contributed by atoms with Gasteiger partial charge in [0.15, 0.2) is 0 Å². The molecule has 2 aromatic rings. The molecule has 33 heavy (non-hydrogen) atoms. The van der Waals surface area contributed by atoms with Gasteiger partial charge in [0, 0.05) is 54.4 Å². The van der Waals surface area contributed by atoms with Gasteiger partial charge in [-0.3, -0.25) is 14.5 Å². The Morgan fingerprint density at radius 1 is 1.12 bits per heavy atom. The van der Waals surface area contributed by atoms with Crippen molar-refractivity contribution in [2.75, 3.05) is 18.4 Å². The summed E-state index contributed by atoms with van der Waals surface area (Å²) in [5.41, 5.74) is 2.35. The molecule has 1 N–H and O–H groups in total. The van der Waals surface area contributed by atoms with Crippen molar-refractivity contribution in [1.29, 1.82) is 0 Å². The van der Waals surface area contributed by atoms with Gasteiger partial charge in [-0.05, 0) is 55.3 Å². The molecule has 0 radical (unpaired) electrons. The summed E-state index contributed by atoms with van der Waals surface area (Å²) in [6.45, 7) is 9.81. The van der Waals surface area contributed by atoms with Crippen LogP contribution < -0.4 is 5.32 Å². The summed E-state index contributed by atoms with van der Waals surface area (Å²) < 4.78 is 13.2. The average molecular weight is 472 g/mol. The Hall–Kier alpha value is -2.70. The molecule has 2 aromatic carbocycles. The number of benzene rings is 2. The number of nitrogens with zero attached hydrogens (tertiary/aromatic N) is 2. The third-order valence-corrected chi connectivity index (χ3v) is 6.14. The molecule has 0 saturated carbocycles. The summed E-state index contributed by atoms with van der Waals surface area (Å²) in [6.07, 6.45) is 3.27. The topological polar surface area (TPSA) is 52.7 Å². The number of hydrogen-bond donors (Lipinski definition) is 1. The molecule has 2 atom stereocenters. The van der Waals surface area contributed by atoms with E-state index in [1.807, 2.05) is 25.7 Å². The summed E-state index contributed by atoms with van der Waals surface area (Å²) >= 11 is 6.11. The van der Waals surface area contributed by atoms with Crippen LogP contribution in [0, 0.1) is 11.7 Å². The number of carbonyl (C=O) groups excluding carboxylic acids is 2. The maximum atomic E-state index is 13.2. The van der Waals surface area contributed by atoms with E-state index in [1.54, 1.807) is 42.5 Å². The molecular formula is C26H31ClFN3O2. The van der Waals surface area contributed by atoms with Crippen LogP contribution >= 0.6 is 11.6 Å². The first-order valence-corrected chi connectivity index (χ1v) is 11.6. The minimum atomic E-state index is -0.241. The zero-order chi connectivity index (χ0) is 24.1. The SMILES string of the molecule is CC(C)C(=O)Nc1cc(Cl)ccc1C=CC(=O)N1C[C@H](C)N(Cc2ccc(F)cc2)C[C@H]1C. The van der Waals surface area contributed by atoms with Crippen molar-refractivity contribution in [2.24, 2.45) is 5.92 Å². The van der Waals surface area contributed by atoms with Gasteiger partial charge in [-0.15, -0.1) is 0 Å². The van der Waals surface area contributed by atoms with E-state index < -0.39 is 0 Å². The minimum Gasteiger partial charge on any atom is -0.334 e. The molecule has 1 fully saturated rings. The number of piperazine rings is 1. The van der Waals surface area contributed by atoms with Gasteiger partial charge >= 0.3 is 0 Å². The lowest BCUT2D eigenvalue weighted by Crippen LogP contribution is -2.57. The predicted octanol–water partition coefficient (Wildman–Crippen LogP) is 5.21. The maximum absolute atomic E-state index is 13.2. The van der Waals surface area contributed by atoms with E-state index in [0.717, 1.165) is 17.7 Å². The molecule has 1 heterocycles. The summed E-state index contributed by atoms with van der Waals surface area (Å²) in [7, 11) is 0. The first-order valence-electron chi connectivity index (χ1n) is 11.2. The third-order valence-electron chi connectivity index (χ3n) is 5.90. The molecule has 7 heteroatoms. The van der Waals surface area contributed by atoms with Crippen LogP contribution in [0.15, 0.2) is 48.5 Å². The van der Waals surface area contributed by atoms with Crippen molar-refractivity contribution in [3.63, 3.8) is 0 Å². The Balaban J connectivity index is 1.67. The Morgan fingerprint density at radius 3 is 2.48 bits per heavy atom. The fraction of sp³-hybridized carbons (Fsp3) is 0.385. The zero-order valence-electron chi connectivity index (χ0n) is 19.5. The first kappa shape index (κ1) is 24.9. The van der Waals surface area contributed by atoms with Crippen LogP contribution in [0.3, 0.4) is 0 Å². The second kappa shape index (κ2) is 10.9. The molecular weight excluding hydrogens is 441 g/mol. The van der Waals surface area contributed by atoms with Crippen molar-refractivity contribution < 1.29 is 14.0 Å². The number of halogens is 2. The predicted molar refractivity (Wildman–Crippen MR) is 131 cm³/mol. The smallest absolute Gasteiger partial charge is 0.246 e. The summed E-state index contributed by atoms with van der Waals surface area (Å²) in [5.74, 6) is -0.601. The van der Waals surface area contributed by atoms with E-state index in [4.69, 9.17) is 11.6 Å². The summed E-state index contributed by atoms with van der Waals surface area (Å²) in [5, 5.41) is 3.38. The van der Waals surface area contributed by atoms with E-state index >= 15 is 0 Å². The number of carbonyl (C=O) groups is 2. The van der Waals surface area contributed by atoms with Gasteiger partial charge in [0.2, 0.25) is 11.8 Å². The zero-order valence-corrected chi connectivity index (χ0v) is 20.3. The largest absolute Gasteiger partial charge is 0.334 e. The van der Waals surface area contributed by atoms with Gasteiger partial charge in [0.05, 0.1) is 0 Å². The van der Waals surface area contributed by atoms with Crippen LogP contribution in [0.1, 0.15) is 38.8 Å². The van der Waals surface area contributed by atoms with Crippen LogP contribution in [-0.4, -0.2) is 46.8 Å². The fourth-order valence-electron chi connectivity index (χ4n) is 3.87. The van der Waals surface area contributed by atoms with Crippen molar-refractivity contribution in [3.8, 4) is 0 Å². The Kier molecular flexibility index (Phi) is 8.27. The second-order valence-corrected chi connectivity index (χ2v) is 9.39. The van der Waals surface area contributed by atoms with E-state index in [2.05, 4.69) is 17.1 Å². The molecule has 0 aromatic heterocycles. The van der Waals surface area contributed by atoms with Crippen molar-refractivity contribution >= 4 is 35.2 Å². The van der Waals surface area contributed by atoms with Crippen LogP contribution in [0.4, 0.5) is 10.1 Å². The van der Waals surface area contributed by atoms with Gasteiger partial charge in [0.1, 0.15) is 5.82 Å². The summed E-state index contributed by atoms with van der Waals surface area (Å²) in [6, 6.07) is 12.0. The molecule has 0 bridgehead atoms. The lowest BCUT2D eigenvalue weighted by molar-refractivity contribution is -0.131. The van der Waals surface area contributed by atoms with E-state index in [-0.39, 0.29) is 35.6 Å². The molecule has 1 aliphatic heterocycles. The van der Waals surface area contributed by atoms with E-state index in [9.17, 15) is 14.0 Å². The molecule has 0 aliphatic carbocycles. The Bertz CT molecular complexity index is 1020. The molecule has 5 nitrogen and oxygen atoms in total. The van der Waals surface area contributed by atoms with Crippen molar-refractivity contribution in [2.45, 2.75) is 46.3 Å². The number of rotatable bonds is 6. The van der Waals surface area contributed by atoms with Gasteiger partial charge in [-0.1, -0.05) is 43.6 Å². The molecule has 2 amide bonds. The number of anilines is 1. The van der Waals surface area contributed by atoms with Gasteiger partial charge in [-0.25, -0.2) is 4.39 Å². The highest BCUT2D eigenvalue weighted by molar-refractivity contribution is 6.31. The average Bonchev–Trinajstić information content (AvgIpc) is 2.76. The van der Waals surface area contributed by atoms with E-state index in [0.29, 0.717) is 23.8 Å². The minimum absolute atomic E-state index is 0.0316. The number of amides is 2. The van der Waals surface area contributed by atoms with Crippen LogP contribution in [0.5, 0.6) is 0 Å². The Morgan fingerprint density at radius 2 is 1.82 bits per heavy atom. The molecule has 1 saturated heterocycles. The van der Waals surface area contributed by atoms with Gasteiger partial charge in [-0.2, -0.15) is 0 Å². The normalized spacial score (nSPS) is 19.3. The maximum Gasteiger partial charge on any atom is 0.246 e. The van der Waals surface area contributed by atoms with E-state index in [1.165, 1.54) is 12.1 Å². The molecule has 0 spiro atoms. The highest BCUT2D eigenvalue weighted by Gasteiger charge is 2.31. The number of nitrogens with one attached hydrogen (secondary N) is 1. The quantitative estimate of drug-likeness (QED) is 0.588. The second-order valence-electron chi connectivity index (χ2n) is 8.95. The first-order chi connectivity index (χ1) is 15.6. The highest BCUT2D eigenvalue weighted by atomic mass is 35.5. The van der Waals surface area contributed by atoms with Gasteiger partial charge in [0.25, 0.3) is 0 Å². The third kappa shape index (κ3) is 6.65. The van der Waals surface area contributed by atoms with Crippen molar-refractivity contribution in [3.05, 3.63) is 70.5 Å². The Labute approximate surface area is 200 Å². The summed E-state index contributed by atoms with van der Waals surface area (Å²) in [4.78, 5) is 29.3. The highest BCUT2D eigenvalue weighted by Crippen LogP contribution is 2.24. The molecule has 1 aliphatic rings. The van der Waals surface area contributed by atoms with Crippen molar-refractivity contribution in [1.82, 2.24) is 9.80 Å². The monoisotopic (exact) mass is 471 g/mol. The molecule has 176 valence electrons. The standard InChI is InChI=1S/C26H31ClFN3O2/c1-17(2)26(33)29-24-13-22(27)9-7-21(24)8-12-25(32)31-15-18(3)30(14-19(31)4)16-20-5-10-23(28)11-6-20/h5-13,17-19H,14-16H2,1-4H3,(H,29,33)/t18-,19+/m0/s1. The van der Waals surface area contributed by atoms with Crippen LogP contribution in [0.2, 0.25) is 5.02 Å². The van der Waals surface area contributed by atoms with Crippen LogP contribution in [-0.2, 0) is 16.1 Å².